The Balaban J connectivity index is 2.10. The first-order valence-electron chi connectivity index (χ1n) is 8.50. The minimum Gasteiger partial charge on any atom is -0.493 e. The van der Waals surface area contributed by atoms with Crippen molar-refractivity contribution in [3.8, 4) is 17.2 Å². The Morgan fingerprint density at radius 2 is 1.93 bits per heavy atom. The monoisotopic (exact) mass is 373 g/mol. The maximum Gasteiger partial charge on any atom is 0.253 e. The van der Waals surface area contributed by atoms with Crippen LogP contribution >= 0.6 is 0 Å². The van der Waals surface area contributed by atoms with E-state index in [9.17, 15) is 9.18 Å². The van der Waals surface area contributed by atoms with Crippen molar-refractivity contribution in [2.24, 2.45) is 0 Å². The fraction of sp³-hybridized carbons (Fsp3) is 0.286. The number of ether oxygens (including phenoxy) is 3. The largest absolute Gasteiger partial charge is 0.493 e. The number of nitrogens with zero attached hydrogens (tertiary/aromatic N) is 1. The van der Waals surface area contributed by atoms with Crippen molar-refractivity contribution in [2.45, 2.75) is 6.42 Å². The van der Waals surface area contributed by atoms with Crippen molar-refractivity contribution in [2.75, 3.05) is 34.4 Å². The number of allylic oxidation sites excluding steroid dienone is 1. The van der Waals surface area contributed by atoms with Crippen molar-refractivity contribution in [3.05, 3.63) is 66.0 Å². The Kier molecular flexibility index (Phi) is 7.23. The molecule has 2 aromatic carbocycles. The number of amides is 1. The average molecular weight is 373 g/mol. The molecule has 0 fully saturated rings. The second-order valence-electron chi connectivity index (χ2n) is 5.87. The normalized spacial score (nSPS) is 10.2. The number of rotatable bonds is 9. The van der Waals surface area contributed by atoms with E-state index in [1.165, 1.54) is 18.1 Å². The first-order valence-corrected chi connectivity index (χ1v) is 8.50. The van der Waals surface area contributed by atoms with Crippen LogP contribution in [-0.4, -0.2) is 45.2 Å². The summed E-state index contributed by atoms with van der Waals surface area (Å²) in [4.78, 5) is 14.3. The summed E-state index contributed by atoms with van der Waals surface area (Å²) in [7, 11) is 4.74. The average Bonchev–Trinajstić information content (AvgIpc) is 2.68. The summed E-state index contributed by atoms with van der Waals surface area (Å²) in [6.45, 7) is 4.21. The summed E-state index contributed by atoms with van der Waals surface area (Å²) >= 11 is 0. The zero-order chi connectivity index (χ0) is 19.8. The molecule has 2 aromatic rings. The molecular formula is C21H24FNO4. The molecular weight excluding hydrogens is 349 g/mol. The Labute approximate surface area is 159 Å². The lowest BCUT2D eigenvalue weighted by atomic mass is 10.0. The minimum atomic E-state index is -0.430. The van der Waals surface area contributed by atoms with Crippen LogP contribution in [-0.2, 0) is 6.42 Å². The van der Waals surface area contributed by atoms with Crippen LogP contribution in [0.15, 0.2) is 49.1 Å². The Bertz CT molecular complexity index is 807. The number of halogens is 1. The van der Waals surface area contributed by atoms with Crippen LogP contribution in [0.1, 0.15) is 15.9 Å². The van der Waals surface area contributed by atoms with Crippen LogP contribution in [0.25, 0.3) is 0 Å². The molecule has 0 unspecified atom stereocenters. The molecule has 0 saturated carbocycles. The molecule has 0 heterocycles. The maximum atomic E-state index is 13.6. The Morgan fingerprint density at radius 3 is 2.56 bits per heavy atom. The smallest absolute Gasteiger partial charge is 0.253 e. The van der Waals surface area contributed by atoms with Gasteiger partial charge in [0.2, 0.25) is 0 Å². The molecule has 0 spiro atoms. The van der Waals surface area contributed by atoms with Gasteiger partial charge in [-0.05, 0) is 30.7 Å². The van der Waals surface area contributed by atoms with Gasteiger partial charge in [-0.25, -0.2) is 4.39 Å². The molecule has 1 amide bonds. The van der Waals surface area contributed by atoms with Crippen molar-refractivity contribution in [1.29, 1.82) is 0 Å². The van der Waals surface area contributed by atoms with E-state index in [0.717, 1.165) is 5.56 Å². The van der Waals surface area contributed by atoms with Crippen molar-refractivity contribution in [1.82, 2.24) is 4.90 Å². The van der Waals surface area contributed by atoms with Gasteiger partial charge in [0, 0.05) is 18.2 Å². The highest BCUT2D eigenvalue weighted by atomic mass is 19.1. The lowest BCUT2D eigenvalue weighted by Crippen LogP contribution is -2.31. The first-order chi connectivity index (χ1) is 13.0. The first kappa shape index (κ1) is 20.3. The van der Waals surface area contributed by atoms with Crippen molar-refractivity contribution < 1.29 is 23.4 Å². The molecule has 0 aliphatic heterocycles. The van der Waals surface area contributed by atoms with Crippen LogP contribution in [0.2, 0.25) is 0 Å². The number of carbonyl (C=O) groups is 1. The Morgan fingerprint density at radius 1 is 1.19 bits per heavy atom. The molecule has 0 N–H and O–H groups in total. The summed E-state index contributed by atoms with van der Waals surface area (Å²) in [6.07, 6.45) is 2.28. The van der Waals surface area contributed by atoms with Gasteiger partial charge in [-0.15, -0.1) is 6.58 Å². The van der Waals surface area contributed by atoms with Gasteiger partial charge in [0.15, 0.2) is 23.1 Å². The van der Waals surface area contributed by atoms with E-state index in [1.54, 1.807) is 50.6 Å². The van der Waals surface area contributed by atoms with Gasteiger partial charge in [0.25, 0.3) is 5.91 Å². The fourth-order valence-electron chi connectivity index (χ4n) is 2.65. The number of likely N-dealkylation sites (N-methyl/N-ethyl adjacent to an activating group) is 1. The zero-order valence-corrected chi connectivity index (χ0v) is 15.8. The highest BCUT2D eigenvalue weighted by Gasteiger charge is 2.18. The number of methoxy groups -OCH3 is 2. The van der Waals surface area contributed by atoms with Crippen LogP contribution in [0.5, 0.6) is 17.2 Å². The standard InChI is InChI=1S/C21H24FNO4/c1-5-8-15-13-16(14-19(25-3)20(15)26-4)21(24)23(2)11-12-27-18-10-7-6-9-17(18)22/h5-7,9-10,13-14H,1,8,11-12H2,2-4H3. The third-order valence-corrected chi connectivity index (χ3v) is 4.03. The summed E-state index contributed by atoms with van der Waals surface area (Å²) in [6, 6.07) is 9.57. The molecule has 0 atom stereocenters. The van der Waals surface area contributed by atoms with Gasteiger partial charge >= 0.3 is 0 Å². The molecule has 0 aromatic heterocycles. The fourth-order valence-corrected chi connectivity index (χ4v) is 2.65. The SMILES string of the molecule is C=CCc1cc(C(=O)N(C)CCOc2ccccc2F)cc(OC)c1OC. The Hall–Kier alpha value is -3.02. The van der Waals surface area contributed by atoms with Crippen LogP contribution in [0.3, 0.4) is 0 Å². The van der Waals surface area contributed by atoms with Gasteiger partial charge in [-0.2, -0.15) is 0 Å². The van der Waals surface area contributed by atoms with E-state index in [4.69, 9.17) is 14.2 Å². The van der Waals surface area contributed by atoms with Crippen LogP contribution < -0.4 is 14.2 Å². The number of para-hydroxylation sites is 1. The summed E-state index contributed by atoms with van der Waals surface area (Å²) in [5, 5.41) is 0. The molecule has 0 saturated heterocycles. The number of hydrogen-bond acceptors (Lipinski definition) is 4. The minimum absolute atomic E-state index is 0.165. The second kappa shape index (κ2) is 9.62. The molecule has 144 valence electrons. The van der Waals surface area contributed by atoms with E-state index >= 15 is 0 Å². The number of benzene rings is 2. The van der Waals surface area contributed by atoms with Crippen LogP contribution in [0, 0.1) is 5.82 Å². The highest BCUT2D eigenvalue weighted by molar-refractivity contribution is 5.95. The van der Waals surface area contributed by atoms with Gasteiger partial charge in [0.1, 0.15) is 6.61 Å². The lowest BCUT2D eigenvalue weighted by Gasteiger charge is -2.20. The van der Waals surface area contributed by atoms with E-state index in [2.05, 4.69) is 6.58 Å². The molecule has 6 heteroatoms. The van der Waals surface area contributed by atoms with Crippen LogP contribution in [0.4, 0.5) is 4.39 Å². The number of hydrogen-bond donors (Lipinski definition) is 0. The van der Waals surface area contributed by atoms with Gasteiger partial charge < -0.3 is 19.1 Å². The molecule has 0 radical (unpaired) electrons. The molecule has 0 aliphatic rings. The molecule has 27 heavy (non-hydrogen) atoms. The molecule has 5 nitrogen and oxygen atoms in total. The predicted octanol–water partition coefficient (Wildman–Crippen LogP) is 3.72. The van der Waals surface area contributed by atoms with E-state index in [1.807, 2.05) is 0 Å². The second-order valence-corrected chi connectivity index (χ2v) is 5.87. The van der Waals surface area contributed by atoms with E-state index < -0.39 is 5.82 Å². The summed E-state index contributed by atoms with van der Waals surface area (Å²) in [5.74, 6) is 0.604. The third-order valence-electron chi connectivity index (χ3n) is 4.03. The van der Waals surface area contributed by atoms with E-state index in [-0.39, 0.29) is 18.3 Å². The zero-order valence-electron chi connectivity index (χ0n) is 15.8. The van der Waals surface area contributed by atoms with Crippen molar-refractivity contribution >= 4 is 5.91 Å². The molecule has 0 aliphatic carbocycles. The van der Waals surface area contributed by atoms with Crippen molar-refractivity contribution in [3.63, 3.8) is 0 Å². The third kappa shape index (κ3) is 5.00. The van der Waals surface area contributed by atoms with Gasteiger partial charge in [0.05, 0.1) is 20.8 Å². The summed E-state index contributed by atoms with van der Waals surface area (Å²) in [5.41, 5.74) is 1.28. The topological polar surface area (TPSA) is 48.0 Å². The highest BCUT2D eigenvalue weighted by Crippen LogP contribution is 2.33. The summed E-state index contributed by atoms with van der Waals surface area (Å²) < 4.78 is 29.7. The lowest BCUT2D eigenvalue weighted by molar-refractivity contribution is 0.0772. The van der Waals surface area contributed by atoms with Gasteiger partial charge in [-0.1, -0.05) is 18.2 Å². The predicted molar refractivity (Wildman–Crippen MR) is 102 cm³/mol. The number of carbonyl (C=O) groups excluding carboxylic acids is 1. The maximum absolute atomic E-state index is 13.6. The molecule has 0 bridgehead atoms. The molecule has 2 rings (SSSR count). The quantitative estimate of drug-likeness (QED) is 0.629. The van der Waals surface area contributed by atoms with E-state index in [0.29, 0.717) is 30.0 Å². The van der Waals surface area contributed by atoms with Gasteiger partial charge in [-0.3, -0.25) is 4.79 Å².